The number of nitrogens with one attached hydrogen (secondary N) is 3. The second-order valence-corrected chi connectivity index (χ2v) is 6.32. The lowest BCUT2D eigenvalue weighted by molar-refractivity contribution is -0.143. The number of halogens is 6. The number of rotatable bonds is 5. The maximum absolute atomic E-state index is 12.9. The number of hydrogen-bond acceptors (Lipinski definition) is 4. The van der Waals surface area contributed by atoms with Crippen molar-refractivity contribution >= 4 is 28.9 Å². The van der Waals surface area contributed by atoms with Crippen LogP contribution in [0.5, 0.6) is 0 Å². The molecule has 2 aromatic carbocycles. The maximum Gasteiger partial charge on any atom is 0.416 e. The molecule has 32 heavy (non-hydrogen) atoms. The summed E-state index contributed by atoms with van der Waals surface area (Å²) in [6, 6.07) is 8.04. The van der Waals surface area contributed by atoms with Crippen LogP contribution < -0.4 is 16.0 Å². The number of anilines is 3. The highest BCUT2D eigenvalue weighted by molar-refractivity contribution is 6.06. The van der Waals surface area contributed by atoms with Gasteiger partial charge in [-0.2, -0.15) is 31.6 Å². The molecule has 0 aliphatic heterocycles. The third-order valence-electron chi connectivity index (χ3n) is 3.80. The predicted octanol–water partition coefficient (Wildman–Crippen LogP) is 5.14. The monoisotopic (exact) mass is 456 g/mol. The zero-order valence-corrected chi connectivity index (χ0v) is 16.2. The van der Waals surface area contributed by atoms with Crippen LogP contribution in [0.3, 0.4) is 0 Å². The molecule has 0 heterocycles. The molecular weight excluding hydrogens is 442 g/mol. The molecule has 0 aliphatic rings. The summed E-state index contributed by atoms with van der Waals surface area (Å²) in [7, 11) is 0. The average Bonchev–Trinajstić information content (AvgIpc) is 2.68. The molecule has 168 valence electrons. The predicted molar refractivity (Wildman–Crippen MR) is 103 cm³/mol. The van der Waals surface area contributed by atoms with E-state index in [9.17, 15) is 35.9 Å². The van der Waals surface area contributed by atoms with Crippen molar-refractivity contribution in [1.82, 2.24) is 0 Å². The highest BCUT2D eigenvalue weighted by Gasteiger charge is 2.36. The van der Waals surface area contributed by atoms with E-state index in [2.05, 4.69) is 16.0 Å². The van der Waals surface area contributed by atoms with Crippen molar-refractivity contribution in [3.63, 3.8) is 0 Å². The Morgan fingerprint density at radius 2 is 1.31 bits per heavy atom. The Kier molecular flexibility index (Phi) is 7.14. The summed E-state index contributed by atoms with van der Waals surface area (Å²) >= 11 is 0. The van der Waals surface area contributed by atoms with Gasteiger partial charge in [-0.05, 0) is 42.5 Å². The molecule has 0 atom stereocenters. The molecule has 3 N–H and O–H groups in total. The van der Waals surface area contributed by atoms with Gasteiger partial charge in [-0.25, -0.2) is 0 Å². The quantitative estimate of drug-likeness (QED) is 0.330. The number of amides is 2. The molecule has 0 bridgehead atoms. The molecule has 0 saturated carbocycles. The van der Waals surface area contributed by atoms with Gasteiger partial charge in [0, 0.05) is 30.2 Å². The fraction of sp³-hybridized carbons (Fsp3) is 0.150. The van der Waals surface area contributed by atoms with Gasteiger partial charge in [0.2, 0.25) is 5.91 Å². The van der Waals surface area contributed by atoms with Crippen molar-refractivity contribution in [3.8, 4) is 6.07 Å². The lowest BCUT2D eigenvalue weighted by atomic mass is 10.1. The van der Waals surface area contributed by atoms with E-state index in [4.69, 9.17) is 5.26 Å². The molecule has 0 unspecified atom stereocenters. The molecule has 0 aromatic heterocycles. The van der Waals surface area contributed by atoms with Crippen LogP contribution in [0.25, 0.3) is 0 Å². The number of alkyl halides is 6. The van der Waals surface area contributed by atoms with Crippen molar-refractivity contribution in [2.75, 3.05) is 16.0 Å². The molecule has 0 aliphatic carbocycles. The van der Waals surface area contributed by atoms with E-state index in [1.807, 2.05) is 0 Å². The minimum atomic E-state index is -5.04. The first-order valence-electron chi connectivity index (χ1n) is 8.65. The Morgan fingerprint density at radius 3 is 1.72 bits per heavy atom. The summed E-state index contributed by atoms with van der Waals surface area (Å²) in [5.74, 6) is -1.28. The summed E-state index contributed by atoms with van der Waals surface area (Å²) < 4.78 is 77.5. The molecule has 0 spiro atoms. The van der Waals surface area contributed by atoms with Crippen LogP contribution in [0.2, 0.25) is 0 Å². The van der Waals surface area contributed by atoms with Crippen molar-refractivity contribution in [3.05, 3.63) is 65.4 Å². The molecule has 0 saturated heterocycles. The number of carbonyl (C=O) groups is 2. The summed E-state index contributed by atoms with van der Waals surface area (Å²) in [5.41, 5.74) is -3.66. The minimum absolute atomic E-state index is 0.0442. The number of hydrogen-bond donors (Lipinski definition) is 3. The Balaban J connectivity index is 2.22. The molecule has 2 aromatic rings. The topological polar surface area (TPSA) is 94.0 Å². The minimum Gasteiger partial charge on any atom is -0.360 e. The van der Waals surface area contributed by atoms with Gasteiger partial charge in [-0.15, -0.1) is 0 Å². The smallest absolute Gasteiger partial charge is 0.360 e. The summed E-state index contributed by atoms with van der Waals surface area (Å²) in [6.45, 7) is 1.30. The number of nitriles is 1. The summed E-state index contributed by atoms with van der Waals surface area (Å²) in [5, 5.41) is 16.1. The second kappa shape index (κ2) is 9.42. The average molecular weight is 456 g/mol. The van der Waals surface area contributed by atoms with Crippen LogP contribution in [0.1, 0.15) is 18.1 Å². The highest BCUT2D eigenvalue weighted by atomic mass is 19.4. The third-order valence-corrected chi connectivity index (χ3v) is 3.80. The molecule has 12 heteroatoms. The Bertz CT molecular complexity index is 1050. The molecule has 2 amide bonds. The Morgan fingerprint density at radius 1 is 0.844 bits per heavy atom. The molecule has 6 nitrogen and oxygen atoms in total. The molecule has 2 rings (SSSR count). The van der Waals surface area contributed by atoms with Crippen molar-refractivity contribution < 1.29 is 35.9 Å². The van der Waals surface area contributed by atoms with E-state index in [-0.39, 0.29) is 17.7 Å². The van der Waals surface area contributed by atoms with Gasteiger partial charge in [0.25, 0.3) is 5.91 Å². The van der Waals surface area contributed by atoms with Gasteiger partial charge in [0.15, 0.2) is 0 Å². The number of carbonyl (C=O) groups excluding carboxylic acids is 2. The van der Waals surface area contributed by atoms with E-state index in [1.54, 1.807) is 0 Å². The highest BCUT2D eigenvalue weighted by Crippen LogP contribution is 2.37. The fourth-order valence-electron chi connectivity index (χ4n) is 2.38. The van der Waals surface area contributed by atoms with Gasteiger partial charge in [0.05, 0.1) is 11.1 Å². The van der Waals surface area contributed by atoms with Gasteiger partial charge in [-0.3, -0.25) is 9.59 Å². The second-order valence-electron chi connectivity index (χ2n) is 6.32. The van der Waals surface area contributed by atoms with Gasteiger partial charge in [0.1, 0.15) is 11.6 Å². The van der Waals surface area contributed by atoms with Crippen molar-refractivity contribution in [2.45, 2.75) is 19.3 Å². The Labute approximate surface area is 177 Å². The maximum atomic E-state index is 12.9. The summed E-state index contributed by atoms with van der Waals surface area (Å²) in [6.07, 6.45) is -9.39. The normalized spacial score (nSPS) is 12.0. The first-order chi connectivity index (χ1) is 14.8. The SMILES string of the molecule is CC(=O)Nc1ccc(NC(=O)/C(C#N)=C\Nc2cc(C(F)(F)F)cc(C(F)(F)F)c2)cc1. The lowest BCUT2D eigenvalue weighted by Crippen LogP contribution is -2.15. The zero-order valence-electron chi connectivity index (χ0n) is 16.2. The zero-order chi connectivity index (χ0) is 24.1. The fourth-order valence-corrected chi connectivity index (χ4v) is 2.38. The summed E-state index contributed by atoms with van der Waals surface area (Å²) in [4.78, 5) is 23.2. The van der Waals surface area contributed by atoms with Gasteiger partial charge >= 0.3 is 12.4 Å². The van der Waals surface area contributed by atoms with E-state index < -0.39 is 40.6 Å². The molecular formula is C20H14F6N4O2. The first-order valence-corrected chi connectivity index (χ1v) is 8.65. The number of benzene rings is 2. The third kappa shape index (κ3) is 6.76. The van der Waals surface area contributed by atoms with Crippen molar-refractivity contribution in [2.24, 2.45) is 0 Å². The van der Waals surface area contributed by atoms with Crippen LogP contribution in [-0.4, -0.2) is 11.8 Å². The van der Waals surface area contributed by atoms with E-state index >= 15 is 0 Å². The van der Waals surface area contributed by atoms with Crippen LogP contribution in [0, 0.1) is 11.3 Å². The van der Waals surface area contributed by atoms with E-state index in [0.717, 1.165) is 0 Å². The van der Waals surface area contributed by atoms with Crippen molar-refractivity contribution in [1.29, 1.82) is 5.26 Å². The standard InChI is InChI=1S/C20H14F6N4O2/c1-11(31)29-15-2-4-16(5-3-15)30-18(32)12(9-27)10-28-17-7-13(19(21,22)23)6-14(8-17)20(24,25)26/h2-8,10,28H,1H3,(H,29,31)(H,30,32)/b12-10-. The largest absolute Gasteiger partial charge is 0.416 e. The van der Waals surface area contributed by atoms with E-state index in [1.165, 1.54) is 37.3 Å². The van der Waals surface area contributed by atoms with E-state index in [0.29, 0.717) is 24.0 Å². The Hall–Kier alpha value is -4.01. The number of nitrogens with zero attached hydrogens (tertiary/aromatic N) is 1. The molecule has 0 fully saturated rings. The van der Waals surface area contributed by atoms with Crippen LogP contribution in [0.4, 0.5) is 43.4 Å². The van der Waals surface area contributed by atoms with Crippen LogP contribution >= 0.6 is 0 Å². The van der Waals surface area contributed by atoms with Crippen LogP contribution in [-0.2, 0) is 21.9 Å². The van der Waals surface area contributed by atoms with Gasteiger partial charge in [-0.1, -0.05) is 0 Å². The molecule has 0 radical (unpaired) electrons. The first kappa shape index (κ1) is 24.3. The lowest BCUT2D eigenvalue weighted by Gasteiger charge is -2.14. The van der Waals surface area contributed by atoms with Crippen LogP contribution in [0.15, 0.2) is 54.2 Å². The van der Waals surface area contributed by atoms with Gasteiger partial charge < -0.3 is 16.0 Å².